The zero-order valence-corrected chi connectivity index (χ0v) is 15.8. The summed E-state index contributed by atoms with van der Waals surface area (Å²) in [4.78, 5) is 16.1. The lowest BCUT2D eigenvalue weighted by Gasteiger charge is -2.08. The van der Waals surface area contributed by atoms with E-state index < -0.39 is 0 Å². The minimum atomic E-state index is -0.343. The van der Waals surface area contributed by atoms with Crippen LogP contribution in [-0.2, 0) is 0 Å². The maximum absolute atomic E-state index is 11.5. The van der Waals surface area contributed by atoms with Crippen molar-refractivity contribution in [3.05, 3.63) is 101 Å². The number of nitro groups is 1. The van der Waals surface area contributed by atoms with Crippen LogP contribution in [-0.4, -0.2) is 14.3 Å². The number of pyridine rings is 1. The zero-order valence-electron chi connectivity index (χ0n) is 15.8. The van der Waals surface area contributed by atoms with Gasteiger partial charge in [0.05, 0.1) is 27.0 Å². The van der Waals surface area contributed by atoms with Crippen molar-refractivity contribution < 1.29 is 4.92 Å². The Hall–Kier alpha value is -4.25. The van der Waals surface area contributed by atoms with E-state index in [1.807, 2.05) is 48.5 Å². The number of imidazole rings is 1. The van der Waals surface area contributed by atoms with E-state index >= 15 is 0 Å². The lowest BCUT2D eigenvalue weighted by Crippen LogP contribution is -1.92. The van der Waals surface area contributed by atoms with Crippen LogP contribution in [0, 0.1) is 10.1 Å². The summed E-state index contributed by atoms with van der Waals surface area (Å²) >= 11 is 0. The second-order valence-corrected chi connectivity index (χ2v) is 7.31. The van der Waals surface area contributed by atoms with Gasteiger partial charge in [0.1, 0.15) is 5.65 Å². The summed E-state index contributed by atoms with van der Waals surface area (Å²) in [6.45, 7) is 0. The van der Waals surface area contributed by atoms with Gasteiger partial charge in [-0.2, -0.15) is 0 Å². The van der Waals surface area contributed by atoms with Crippen LogP contribution in [0.15, 0.2) is 91.0 Å². The molecule has 6 aromatic rings. The molecule has 0 N–H and O–H groups in total. The first-order chi connectivity index (χ1) is 14.7. The fraction of sp³-hybridized carbons (Fsp3) is 0. The Kier molecular flexibility index (Phi) is 3.40. The van der Waals surface area contributed by atoms with E-state index in [1.54, 1.807) is 12.1 Å². The summed E-state index contributed by atoms with van der Waals surface area (Å²) in [6, 6.07) is 29.3. The molecular weight excluding hydrogens is 374 g/mol. The number of rotatable bonds is 2. The average molecular weight is 389 g/mol. The highest BCUT2D eigenvalue weighted by molar-refractivity contribution is 6.13. The molecule has 2 aromatic heterocycles. The molecule has 0 amide bonds. The van der Waals surface area contributed by atoms with Gasteiger partial charge in [-0.15, -0.1) is 0 Å². The number of para-hydroxylation sites is 2. The Morgan fingerprint density at radius 3 is 2.27 bits per heavy atom. The largest absolute Gasteiger partial charge is 0.292 e. The summed E-state index contributed by atoms with van der Waals surface area (Å²) in [5, 5.41) is 14.9. The van der Waals surface area contributed by atoms with Crippen molar-refractivity contribution in [2.24, 2.45) is 0 Å². The molecule has 30 heavy (non-hydrogen) atoms. The highest BCUT2D eigenvalue weighted by atomic mass is 16.6. The average Bonchev–Trinajstić information content (AvgIpc) is 3.18. The van der Waals surface area contributed by atoms with Gasteiger partial charge >= 0.3 is 0 Å². The van der Waals surface area contributed by atoms with Crippen LogP contribution >= 0.6 is 0 Å². The van der Waals surface area contributed by atoms with Crippen LogP contribution in [0.3, 0.4) is 0 Å². The first-order valence-electron chi connectivity index (χ1n) is 9.68. The molecule has 6 rings (SSSR count). The molecular formula is C25H15N3O2. The van der Waals surface area contributed by atoms with Crippen molar-refractivity contribution in [1.82, 2.24) is 9.38 Å². The Morgan fingerprint density at radius 2 is 1.43 bits per heavy atom. The fourth-order valence-corrected chi connectivity index (χ4v) is 4.36. The van der Waals surface area contributed by atoms with E-state index in [1.165, 1.54) is 11.5 Å². The quantitative estimate of drug-likeness (QED) is 0.196. The van der Waals surface area contributed by atoms with Crippen molar-refractivity contribution in [1.29, 1.82) is 0 Å². The molecule has 5 nitrogen and oxygen atoms in total. The number of aromatic nitrogens is 2. The van der Waals surface area contributed by atoms with E-state index in [9.17, 15) is 10.1 Å². The smallest absolute Gasteiger partial charge is 0.277 e. The van der Waals surface area contributed by atoms with E-state index in [2.05, 4.69) is 28.7 Å². The maximum atomic E-state index is 11.5. The predicted molar refractivity (Wildman–Crippen MR) is 120 cm³/mol. The Balaban J connectivity index is 1.74. The first kappa shape index (κ1) is 16.7. The monoisotopic (exact) mass is 389 g/mol. The summed E-state index contributed by atoms with van der Waals surface area (Å²) < 4.78 is 2.18. The van der Waals surface area contributed by atoms with Gasteiger partial charge in [-0.3, -0.25) is 14.5 Å². The van der Waals surface area contributed by atoms with E-state index in [-0.39, 0.29) is 10.6 Å². The topological polar surface area (TPSA) is 60.4 Å². The van der Waals surface area contributed by atoms with Crippen molar-refractivity contribution in [3.63, 3.8) is 0 Å². The van der Waals surface area contributed by atoms with Gasteiger partial charge in [0.15, 0.2) is 0 Å². The number of hydrogen-bond donors (Lipinski definition) is 0. The lowest BCUT2D eigenvalue weighted by atomic mass is 10.0. The van der Waals surface area contributed by atoms with Crippen LogP contribution in [0.2, 0.25) is 0 Å². The molecule has 4 aromatic carbocycles. The third kappa shape index (κ3) is 2.26. The normalized spacial score (nSPS) is 11.6. The van der Waals surface area contributed by atoms with Gasteiger partial charge in [0.25, 0.3) is 5.69 Å². The van der Waals surface area contributed by atoms with Gasteiger partial charge in [0, 0.05) is 16.8 Å². The van der Waals surface area contributed by atoms with E-state index in [0.29, 0.717) is 5.56 Å². The highest BCUT2D eigenvalue weighted by Gasteiger charge is 2.17. The van der Waals surface area contributed by atoms with Crippen LogP contribution in [0.5, 0.6) is 0 Å². The molecule has 5 heteroatoms. The molecule has 142 valence electrons. The van der Waals surface area contributed by atoms with Gasteiger partial charge < -0.3 is 0 Å². The minimum absolute atomic E-state index is 0.0940. The molecule has 0 spiro atoms. The minimum Gasteiger partial charge on any atom is -0.292 e. The number of nitro benzene ring substituents is 1. The Morgan fingerprint density at radius 1 is 0.733 bits per heavy atom. The number of benzene rings is 4. The number of nitrogens with zero attached hydrogens (tertiary/aromatic N) is 3. The van der Waals surface area contributed by atoms with Gasteiger partial charge in [-0.25, -0.2) is 4.98 Å². The molecule has 0 radical (unpaired) electrons. The maximum Gasteiger partial charge on any atom is 0.277 e. The summed E-state index contributed by atoms with van der Waals surface area (Å²) in [5.41, 5.74) is 5.24. The van der Waals surface area contributed by atoms with Crippen molar-refractivity contribution >= 4 is 44.0 Å². The molecule has 2 heterocycles. The third-order valence-electron chi connectivity index (χ3n) is 5.67. The Bertz CT molecular complexity index is 1630. The predicted octanol–water partition coefficient (Wildman–Crippen LogP) is 6.37. The van der Waals surface area contributed by atoms with Gasteiger partial charge in [0.2, 0.25) is 0 Å². The number of fused-ring (bicyclic) bond motifs is 8. The van der Waals surface area contributed by atoms with Gasteiger partial charge in [-0.1, -0.05) is 60.7 Å². The van der Waals surface area contributed by atoms with Crippen molar-refractivity contribution in [2.45, 2.75) is 0 Å². The molecule has 0 fully saturated rings. The molecule has 0 atom stereocenters. The lowest BCUT2D eigenvalue weighted by molar-refractivity contribution is -0.384. The molecule has 0 aliphatic rings. The highest BCUT2D eigenvalue weighted by Crippen LogP contribution is 2.35. The third-order valence-corrected chi connectivity index (χ3v) is 5.67. The summed E-state index contributed by atoms with van der Waals surface area (Å²) in [7, 11) is 0. The second kappa shape index (κ2) is 6.12. The van der Waals surface area contributed by atoms with Crippen molar-refractivity contribution in [3.8, 4) is 11.1 Å². The van der Waals surface area contributed by atoms with E-state index in [0.717, 1.165) is 38.5 Å². The molecule has 0 bridgehead atoms. The van der Waals surface area contributed by atoms with Crippen LogP contribution in [0.25, 0.3) is 49.5 Å². The first-order valence-corrected chi connectivity index (χ1v) is 9.68. The number of hydrogen-bond acceptors (Lipinski definition) is 3. The summed E-state index contributed by atoms with van der Waals surface area (Å²) in [5.74, 6) is 0. The van der Waals surface area contributed by atoms with Crippen LogP contribution in [0.4, 0.5) is 5.69 Å². The Labute approximate surface area is 171 Å². The molecule has 0 unspecified atom stereocenters. The van der Waals surface area contributed by atoms with Gasteiger partial charge in [-0.05, 0) is 35.2 Å². The standard InChI is InChI=1S/C25H15N3O2/c29-28(30)23-12-6-3-7-17(23)16-13-14-24-21(15-16)26-25-20-10-2-1-8-18(20)19-9-4-5-11-22(19)27(24)25/h1-15H. The summed E-state index contributed by atoms with van der Waals surface area (Å²) in [6.07, 6.45) is 0. The zero-order chi connectivity index (χ0) is 20.2. The molecule has 0 saturated carbocycles. The molecule has 0 aliphatic heterocycles. The van der Waals surface area contributed by atoms with Crippen LogP contribution < -0.4 is 0 Å². The SMILES string of the molecule is O=[N+]([O-])c1ccccc1-c1ccc2c(c1)nc1c3ccccc3c3ccccc3n21. The van der Waals surface area contributed by atoms with Crippen LogP contribution in [0.1, 0.15) is 0 Å². The fourth-order valence-electron chi connectivity index (χ4n) is 4.36. The molecule has 0 aliphatic carbocycles. The van der Waals surface area contributed by atoms with Crippen molar-refractivity contribution in [2.75, 3.05) is 0 Å². The molecule has 0 saturated heterocycles. The second-order valence-electron chi connectivity index (χ2n) is 7.31. The van der Waals surface area contributed by atoms with E-state index in [4.69, 9.17) is 4.98 Å².